The molecular formula is C13H14ClN5S. The number of nitrogens with zero attached hydrogens (tertiary/aromatic N) is 4. The second-order valence-electron chi connectivity index (χ2n) is 4.42. The molecule has 0 spiro atoms. The van der Waals surface area contributed by atoms with Crippen LogP contribution < -0.4 is 5.32 Å². The summed E-state index contributed by atoms with van der Waals surface area (Å²) in [5.41, 5.74) is 0.872. The minimum Gasteiger partial charge on any atom is -0.365 e. The summed E-state index contributed by atoms with van der Waals surface area (Å²) >= 11 is 7.94. The molecule has 0 unspecified atom stereocenters. The maximum atomic E-state index is 6.13. The first-order valence-electron chi connectivity index (χ1n) is 6.36. The summed E-state index contributed by atoms with van der Waals surface area (Å²) < 4.78 is 1.68. The predicted octanol–water partition coefficient (Wildman–Crippen LogP) is 3.32. The van der Waals surface area contributed by atoms with Crippen LogP contribution in [0.2, 0.25) is 5.15 Å². The van der Waals surface area contributed by atoms with Crippen molar-refractivity contribution < 1.29 is 0 Å². The van der Waals surface area contributed by atoms with Crippen LogP contribution in [0.25, 0.3) is 5.78 Å². The molecule has 0 amide bonds. The third kappa shape index (κ3) is 2.36. The molecule has 0 saturated carbocycles. The summed E-state index contributed by atoms with van der Waals surface area (Å²) in [6.45, 7) is 4.82. The van der Waals surface area contributed by atoms with Crippen LogP contribution in [0.4, 0.5) is 5.82 Å². The van der Waals surface area contributed by atoms with E-state index in [2.05, 4.69) is 39.4 Å². The number of fused-ring (bicyclic) bond motifs is 1. The Balaban J connectivity index is 1.90. The van der Waals surface area contributed by atoms with E-state index < -0.39 is 0 Å². The van der Waals surface area contributed by atoms with Gasteiger partial charge in [0.2, 0.25) is 0 Å². The fourth-order valence-corrected chi connectivity index (χ4v) is 3.05. The molecule has 0 aliphatic carbocycles. The van der Waals surface area contributed by atoms with Crippen LogP contribution >= 0.6 is 22.9 Å². The van der Waals surface area contributed by atoms with Crippen LogP contribution in [-0.4, -0.2) is 19.6 Å². The molecule has 3 aromatic heterocycles. The molecule has 1 N–H and O–H groups in total. The van der Waals surface area contributed by atoms with Crippen molar-refractivity contribution in [2.24, 2.45) is 0 Å². The fourth-order valence-electron chi connectivity index (χ4n) is 1.98. The topological polar surface area (TPSA) is 55.1 Å². The van der Waals surface area contributed by atoms with Gasteiger partial charge in [0, 0.05) is 15.3 Å². The van der Waals surface area contributed by atoms with Crippen LogP contribution in [0.15, 0.2) is 18.5 Å². The van der Waals surface area contributed by atoms with Crippen molar-refractivity contribution in [2.45, 2.75) is 26.8 Å². The standard InChI is InChI=1S/C13H14ClN5S/c1-3-9-4-5-10(20-9)6-15-12-8(2)11(14)18-13-16-7-17-19(12)13/h4-5,7,15H,3,6H2,1-2H3. The highest BCUT2D eigenvalue weighted by molar-refractivity contribution is 7.12. The van der Waals surface area contributed by atoms with Crippen LogP contribution in [0.3, 0.4) is 0 Å². The Morgan fingerprint density at radius 2 is 2.15 bits per heavy atom. The smallest absolute Gasteiger partial charge is 0.255 e. The van der Waals surface area contributed by atoms with E-state index in [0.717, 1.165) is 24.3 Å². The van der Waals surface area contributed by atoms with Crippen molar-refractivity contribution in [3.8, 4) is 0 Å². The monoisotopic (exact) mass is 307 g/mol. The Morgan fingerprint density at radius 1 is 1.35 bits per heavy atom. The molecule has 0 bridgehead atoms. The van der Waals surface area contributed by atoms with E-state index in [9.17, 15) is 0 Å². The summed E-state index contributed by atoms with van der Waals surface area (Å²) in [7, 11) is 0. The molecule has 7 heteroatoms. The minimum absolute atomic E-state index is 0.452. The SMILES string of the molecule is CCc1ccc(CNc2c(C)c(Cl)nc3ncnn23)s1. The van der Waals surface area contributed by atoms with Crippen LogP contribution in [0, 0.1) is 6.92 Å². The molecule has 104 valence electrons. The molecule has 0 radical (unpaired) electrons. The molecular weight excluding hydrogens is 294 g/mol. The van der Waals surface area contributed by atoms with Crippen LogP contribution in [0.1, 0.15) is 22.2 Å². The van der Waals surface area contributed by atoms with Crippen molar-refractivity contribution in [3.63, 3.8) is 0 Å². The maximum absolute atomic E-state index is 6.13. The first-order valence-corrected chi connectivity index (χ1v) is 7.55. The lowest BCUT2D eigenvalue weighted by atomic mass is 10.3. The molecule has 5 nitrogen and oxygen atoms in total. The second kappa shape index (κ2) is 5.38. The summed E-state index contributed by atoms with van der Waals surface area (Å²) in [6.07, 6.45) is 2.54. The van der Waals surface area contributed by atoms with E-state index in [1.54, 1.807) is 4.52 Å². The third-order valence-electron chi connectivity index (χ3n) is 3.10. The molecule has 0 saturated heterocycles. The Morgan fingerprint density at radius 3 is 2.90 bits per heavy atom. The van der Waals surface area contributed by atoms with Crippen molar-refractivity contribution in [1.82, 2.24) is 19.6 Å². The van der Waals surface area contributed by atoms with Crippen molar-refractivity contribution in [2.75, 3.05) is 5.32 Å². The normalized spacial score (nSPS) is 11.2. The number of aromatic nitrogens is 4. The van der Waals surface area contributed by atoms with Gasteiger partial charge in [-0.1, -0.05) is 18.5 Å². The average molecular weight is 308 g/mol. The maximum Gasteiger partial charge on any atom is 0.255 e. The lowest BCUT2D eigenvalue weighted by Crippen LogP contribution is -2.08. The predicted molar refractivity (Wildman–Crippen MR) is 81.6 cm³/mol. The molecule has 3 rings (SSSR count). The van der Waals surface area contributed by atoms with Gasteiger partial charge in [0.25, 0.3) is 5.78 Å². The van der Waals surface area contributed by atoms with E-state index in [0.29, 0.717) is 10.9 Å². The highest BCUT2D eigenvalue weighted by atomic mass is 35.5. The van der Waals surface area contributed by atoms with Crippen molar-refractivity contribution >= 4 is 34.5 Å². The highest BCUT2D eigenvalue weighted by Crippen LogP contribution is 2.24. The van der Waals surface area contributed by atoms with Crippen LogP contribution in [-0.2, 0) is 13.0 Å². The van der Waals surface area contributed by atoms with E-state index in [1.165, 1.54) is 16.1 Å². The summed E-state index contributed by atoms with van der Waals surface area (Å²) in [5, 5.41) is 8.01. The average Bonchev–Trinajstić information content (AvgIpc) is 3.07. The van der Waals surface area contributed by atoms with Gasteiger partial charge in [-0.15, -0.1) is 11.3 Å². The fraction of sp³-hybridized carbons (Fsp3) is 0.308. The number of nitrogens with one attached hydrogen (secondary N) is 1. The molecule has 0 atom stereocenters. The molecule has 20 heavy (non-hydrogen) atoms. The number of rotatable bonds is 4. The van der Waals surface area contributed by atoms with Gasteiger partial charge in [0.15, 0.2) is 0 Å². The Labute approximate surface area is 125 Å². The zero-order chi connectivity index (χ0) is 14.1. The van der Waals surface area contributed by atoms with Gasteiger partial charge in [-0.3, -0.25) is 0 Å². The number of anilines is 1. The second-order valence-corrected chi connectivity index (χ2v) is 6.03. The first kappa shape index (κ1) is 13.3. The van der Waals surface area contributed by atoms with Gasteiger partial charge in [-0.2, -0.15) is 19.6 Å². The lowest BCUT2D eigenvalue weighted by molar-refractivity contribution is 0.917. The first-order chi connectivity index (χ1) is 9.69. The largest absolute Gasteiger partial charge is 0.365 e. The van der Waals surface area contributed by atoms with Gasteiger partial charge >= 0.3 is 0 Å². The Hall–Kier alpha value is -1.66. The van der Waals surface area contributed by atoms with E-state index in [1.807, 2.05) is 18.3 Å². The van der Waals surface area contributed by atoms with Crippen LogP contribution in [0.5, 0.6) is 0 Å². The van der Waals surface area contributed by atoms with Gasteiger partial charge in [0.1, 0.15) is 17.3 Å². The number of halogens is 1. The van der Waals surface area contributed by atoms with E-state index >= 15 is 0 Å². The lowest BCUT2D eigenvalue weighted by Gasteiger charge is -2.10. The van der Waals surface area contributed by atoms with Gasteiger partial charge in [0.05, 0.1) is 6.54 Å². The molecule has 0 aliphatic heterocycles. The van der Waals surface area contributed by atoms with Crippen molar-refractivity contribution in [1.29, 1.82) is 0 Å². The zero-order valence-corrected chi connectivity index (χ0v) is 12.8. The van der Waals surface area contributed by atoms with Gasteiger partial charge in [-0.25, -0.2) is 0 Å². The van der Waals surface area contributed by atoms with Gasteiger partial charge in [-0.05, 0) is 25.5 Å². The zero-order valence-electron chi connectivity index (χ0n) is 11.2. The summed E-state index contributed by atoms with van der Waals surface area (Å²) in [5.74, 6) is 1.34. The summed E-state index contributed by atoms with van der Waals surface area (Å²) in [4.78, 5) is 10.9. The number of thiophene rings is 1. The Bertz CT molecular complexity index is 748. The van der Waals surface area contributed by atoms with Gasteiger partial charge < -0.3 is 5.32 Å². The number of aryl methyl sites for hydroxylation is 1. The third-order valence-corrected chi connectivity index (χ3v) is 4.70. The number of hydrogen-bond donors (Lipinski definition) is 1. The van der Waals surface area contributed by atoms with E-state index in [4.69, 9.17) is 11.6 Å². The molecule has 0 aliphatic rings. The van der Waals surface area contributed by atoms with Crippen molar-refractivity contribution in [3.05, 3.63) is 38.9 Å². The molecule has 3 heterocycles. The minimum atomic E-state index is 0.452. The quantitative estimate of drug-likeness (QED) is 0.751. The van der Waals surface area contributed by atoms with E-state index in [-0.39, 0.29) is 0 Å². The molecule has 3 aromatic rings. The number of hydrogen-bond acceptors (Lipinski definition) is 5. The Kier molecular flexibility index (Phi) is 3.58. The molecule has 0 aromatic carbocycles. The summed E-state index contributed by atoms with van der Waals surface area (Å²) in [6, 6.07) is 4.31. The molecule has 0 fully saturated rings. The highest BCUT2D eigenvalue weighted by Gasteiger charge is 2.12.